The average Bonchev–Trinajstić information content (AvgIpc) is 2.80. The molecule has 0 atom stereocenters. The summed E-state index contributed by atoms with van der Waals surface area (Å²) in [4.78, 5) is 14.2. The number of hydrogen-bond acceptors (Lipinski definition) is 11. The second-order valence-corrected chi connectivity index (χ2v) is 7.13. The normalized spacial score (nSPS) is 10.3. The van der Waals surface area contributed by atoms with Gasteiger partial charge < -0.3 is 10.0 Å². The van der Waals surface area contributed by atoms with E-state index in [1.54, 1.807) is 13.1 Å². The minimum Gasteiger partial charge on any atom is -0.505 e. The van der Waals surface area contributed by atoms with Gasteiger partial charge in [0.05, 0.1) is 0 Å². The summed E-state index contributed by atoms with van der Waals surface area (Å²) in [6.07, 6.45) is 1.25. The van der Waals surface area contributed by atoms with E-state index < -0.39 is 0 Å². The highest BCUT2D eigenvalue weighted by Crippen LogP contribution is 2.34. The van der Waals surface area contributed by atoms with Crippen LogP contribution in [0.1, 0.15) is 46.8 Å². The Hall–Kier alpha value is -3.89. The second-order valence-electron chi connectivity index (χ2n) is 7.13. The molecule has 2 aromatic carbocycles. The molecule has 1 heterocycles. The van der Waals surface area contributed by atoms with Crippen LogP contribution >= 0.6 is 0 Å². The zero-order valence-corrected chi connectivity index (χ0v) is 21.0. The molecule has 1 N–H and O–H groups in total. The van der Waals surface area contributed by atoms with Gasteiger partial charge in [-0.05, 0) is 25.3 Å². The van der Waals surface area contributed by atoms with Gasteiger partial charge in [0.2, 0.25) is 5.95 Å². The van der Waals surface area contributed by atoms with Gasteiger partial charge in [0.25, 0.3) is 0 Å². The molecular formula is C25H42N10O. The average molecular weight is 499 g/mol. The van der Waals surface area contributed by atoms with Crippen LogP contribution in [0.5, 0.6) is 5.75 Å². The third-order valence-corrected chi connectivity index (χ3v) is 3.80. The number of aromatic nitrogens is 3. The smallest absolute Gasteiger partial charge is 0.228 e. The Morgan fingerprint density at radius 3 is 1.92 bits per heavy atom. The van der Waals surface area contributed by atoms with E-state index in [1.165, 1.54) is 6.42 Å². The molecule has 3 aromatic rings. The van der Waals surface area contributed by atoms with Crippen molar-refractivity contribution < 1.29 is 5.11 Å². The first-order valence-corrected chi connectivity index (χ1v) is 10.9. The van der Waals surface area contributed by atoms with Gasteiger partial charge in [-0.1, -0.05) is 65.5 Å². The molecule has 0 saturated heterocycles. The summed E-state index contributed by atoms with van der Waals surface area (Å²) in [6, 6.07) is 11.1. The first kappa shape index (κ1) is 34.3. The van der Waals surface area contributed by atoms with Crippen LogP contribution in [-0.4, -0.2) is 54.5 Å². The van der Waals surface area contributed by atoms with Gasteiger partial charge in [-0.3, -0.25) is 0 Å². The van der Waals surface area contributed by atoms with Crippen LogP contribution in [0.2, 0.25) is 0 Å². The lowest BCUT2D eigenvalue weighted by Crippen LogP contribution is -2.14. The topological polar surface area (TPSA) is 136 Å². The second kappa shape index (κ2) is 19.4. The molecule has 0 aliphatic carbocycles. The lowest BCUT2D eigenvalue weighted by Gasteiger charge is -2.09. The van der Waals surface area contributed by atoms with Crippen LogP contribution in [-0.2, 0) is 0 Å². The number of nitrogens with zero attached hydrogens (tertiary/aromatic N) is 10. The van der Waals surface area contributed by atoms with Crippen LogP contribution in [0.15, 0.2) is 67.1 Å². The van der Waals surface area contributed by atoms with Gasteiger partial charge in [0, 0.05) is 26.5 Å². The van der Waals surface area contributed by atoms with Crippen LogP contribution in [0.3, 0.4) is 0 Å². The Morgan fingerprint density at radius 2 is 1.36 bits per heavy atom. The molecule has 0 bridgehead atoms. The van der Waals surface area contributed by atoms with Crippen molar-refractivity contribution in [2.75, 3.05) is 39.4 Å². The summed E-state index contributed by atoms with van der Waals surface area (Å²) in [5.41, 5.74) is 0.409. The minimum atomic E-state index is 0. The van der Waals surface area contributed by atoms with Gasteiger partial charge >= 0.3 is 0 Å². The molecule has 0 aliphatic rings. The maximum absolute atomic E-state index is 10.1. The van der Waals surface area contributed by atoms with E-state index in [1.807, 2.05) is 63.2 Å². The van der Waals surface area contributed by atoms with Crippen molar-refractivity contribution in [2.24, 2.45) is 30.7 Å². The quantitative estimate of drug-likeness (QED) is 0.355. The molecule has 0 aliphatic heterocycles. The summed E-state index contributed by atoms with van der Waals surface area (Å²) in [5.74, 6) is 2.36. The Labute approximate surface area is 215 Å². The molecule has 0 radical (unpaired) electrons. The Morgan fingerprint density at radius 1 is 0.806 bits per heavy atom. The first-order chi connectivity index (χ1) is 16.3. The Kier molecular flexibility index (Phi) is 18.5. The standard InChI is InChI=1S/C13H14N6O.C7H12N4.C3H8.2CH4/c1-14-15-8-16-17-9-18-19-12-7-6-10-4-2-3-5-11(10)13(12)20;1-5-8-6(2)10-7(9-5)11(3)4;1-3-2;;/h2-7,20H,8-9H2,1H3;1-4H3;3H2,1-2H3;2*1H4. The van der Waals surface area contributed by atoms with E-state index in [9.17, 15) is 5.11 Å². The van der Waals surface area contributed by atoms with Crippen molar-refractivity contribution in [2.45, 2.75) is 49.0 Å². The fourth-order valence-electron chi connectivity index (χ4n) is 2.44. The number of phenolic OH excluding ortho intramolecular Hbond substituents is 1. The molecule has 198 valence electrons. The van der Waals surface area contributed by atoms with Gasteiger partial charge in [-0.2, -0.15) is 40.7 Å². The van der Waals surface area contributed by atoms with Crippen molar-refractivity contribution >= 4 is 22.4 Å². The number of anilines is 1. The SMILES string of the molecule is C.C.CCC.CN=NCN=NCN=Nc1ccc2ccccc2c1O.Cc1nc(C)nc(N(C)C)n1. The molecule has 0 saturated carbocycles. The number of fused-ring (bicyclic) bond motifs is 1. The molecule has 11 heteroatoms. The number of hydrogen-bond donors (Lipinski definition) is 1. The third-order valence-electron chi connectivity index (χ3n) is 3.80. The Bertz CT molecular complexity index is 1080. The highest BCUT2D eigenvalue weighted by molar-refractivity contribution is 5.92. The van der Waals surface area contributed by atoms with E-state index in [2.05, 4.69) is 59.5 Å². The van der Waals surface area contributed by atoms with Gasteiger partial charge in [0.1, 0.15) is 17.3 Å². The van der Waals surface area contributed by atoms with E-state index >= 15 is 0 Å². The highest BCUT2D eigenvalue weighted by Gasteiger charge is 2.04. The molecule has 11 nitrogen and oxygen atoms in total. The zero-order chi connectivity index (χ0) is 25.3. The maximum atomic E-state index is 10.1. The van der Waals surface area contributed by atoms with Gasteiger partial charge in [-0.15, -0.1) is 0 Å². The lowest BCUT2D eigenvalue weighted by atomic mass is 10.1. The molecular weight excluding hydrogens is 456 g/mol. The van der Waals surface area contributed by atoms with Crippen molar-refractivity contribution in [3.63, 3.8) is 0 Å². The fraction of sp³-hybridized carbons (Fsp3) is 0.480. The summed E-state index contributed by atoms with van der Waals surface area (Å²) >= 11 is 0. The van der Waals surface area contributed by atoms with Crippen molar-refractivity contribution in [3.8, 4) is 5.75 Å². The summed E-state index contributed by atoms with van der Waals surface area (Å²) in [7, 11) is 5.39. The van der Waals surface area contributed by atoms with Crippen LogP contribution in [0.25, 0.3) is 10.8 Å². The minimum absolute atomic E-state index is 0. The van der Waals surface area contributed by atoms with Crippen LogP contribution < -0.4 is 4.90 Å². The molecule has 3 rings (SSSR count). The number of aromatic hydroxyl groups is 1. The Balaban J connectivity index is 0. The predicted molar refractivity (Wildman–Crippen MR) is 149 cm³/mol. The van der Waals surface area contributed by atoms with Crippen molar-refractivity contribution in [3.05, 3.63) is 48.0 Å². The number of rotatable bonds is 6. The van der Waals surface area contributed by atoms with Crippen molar-refractivity contribution in [1.82, 2.24) is 15.0 Å². The van der Waals surface area contributed by atoms with Crippen LogP contribution in [0, 0.1) is 13.8 Å². The number of aryl methyl sites for hydroxylation is 2. The maximum Gasteiger partial charge on any atom is 0.228 e. The third kappa shape index (κ3) is 12.5. The highest BCUT2D eigenvalue weighted by atomic mass is 16.3. The monoisotopic (exact) mass is 498 g/mol. The number of benzene rings is 2. The lowest BCUT2D eigenvalue weighted by molar-refractivity contribution is 0.482. The van der Waals surface area contributed by atoms with E-state index in [0.29, 0.717) is 5.69 Å². The summed E-state index contributed by atoms with van der Waals surface area (Å²) in [6.45, 7) is 8.25. The molecule has 0 amide bonds. The predicted octanol–water partition coefficient (Wildman–Crippen LogP) is 7.32. The fourth-order valence-corrected chi connectivity index (χ4v) is 2.44. The van der Waals surface area contributed by atoms with Crippen molar-refractivity contribution in [1.29, 1.82) is 0 Å². The molecule has 0 unspecified atom stereocenters. The van der Waals surface area contributed by atoms with E-state index in [-0.39, 0.29) is 33.9 Å². The van der Waals surface area contributed by atoms with Crippen LogP contribution in [0.4, 0.5) is 11.6 Å². The van der Waals surface area contributed by atoms with Gasteiger partial charge in [0.15, 0.2) is 19.1 Å². The first-order valence-electron chi connectivity index (χ1n) is 10.9. The largest absolute Gasteiger partial charge is 0.505 e. The zero-order valence-electron chi connectivity index (χ0n) is 21.0. The number of azo groups is 3. The summed E-state index contributed by atoms with van der Waals surface area (Å²) in [5, 5.41) is 34.2. The van der Waals surface area contributed by atoms with E-state index in [0.717, 1.165) is 28.4 Å². The number of phenols is 1. The van der Waals surface area contributed by atoms with E-state index in [4.69, 9.17) is 0 Å². The molecule has 0 fully saturated rings. The molecule has 0 spiro atoms. The molecule has 36 heavy (non-hydrogen) atoms. The summed E-state index contributed by atoms with van der Waals surface area (Å²) < 4.78 is 0. The molecule has 1 aromatic heterocycles. The van der Waals surface area contributed by atoms with Gasteiger partial charge in [-0.25, -0.2) is 4.98 Å².